The minimum Gasteiger partial charge on any atom is -0.380 e. The molecule has 0 aliphatic heterocycles. The molecule has 0 fully saturated rings. The molecule has 5 nitrogen and oxygen atoms in total. The van der Waals surface area contributed by atoms with Gasteiger partial charge in [0.2, 0.25) is 0 Å². The van der Waals surface area contributed by atoms with Crippen LogP contribution >= 0.6 is 0 Å². The third kappa shape index (κ3) is 7.13. The summed E-state index contributed by atoms with van der Waals surface area (Å²) in [5, 5.41) is 8.05. The molecule has 0 aromatic carbocycles. The number of hydrogen-bond donors (Lipinski definition) is 1. The summed E-state index contributed by atoms with van der Waals surface area (Å²) < 4.78 is 0. The fourth-order valence-electron chi connectivity index (χ4n) is 1.43. The Morgan fingerprint density at radius 3 is 2.22 bits per heavy atom. The van der Waals surface area contributed by atoms with Crippen LogP contribution in [-0.2, 0) is 0 Å². The predicted octanol–water partition coefficient (Wildman–Crippen LogP) is 3.74. The highest BCUT2D eigenvalue weighted by Crippen LogP contribution is 2.00. The zero-order valence-corrected chi connectivity index (χ0v) is 14.3. The van der Waals surface area contributed by atoms with E-state index in [9.17, 15) is 0 Å². The number of hydrogen-bond acceptors (Lipinski definition) is 4. The van der Waals surface area contributed by atoms with E-state index in [1.54, 1.807) is 12.4 Å². The maximum absolute atomic E-state index is 5.83. The van der Waals surface area contributed by atoms with E-state index in [0.717, 1.165) is 11.3 Å². The third-order valence-electron chi connectivity index (χ3n) is 2.52. The number of nitrogens with two attached hydrogens (primary N) is 1. The van der Waals surface area contributed by atoms with Gasteiger partial charge in [-0.15, -0.1) is 18.3 Å². The van der Waals surface area contributed by atoms with Gasteiger partial charge in [0.15, 0.2) is 5.84 Å². The highest BCUT2D eigenvalue weighted by atomic mass is 15.2. The van der Waals surface area contributed by atoms with E-state index in [1.165, 1.54) is 0 Å². The number of aryl methyl sites for hydroxylation is 1. The molecule has 0 bridgehead atoms. The van der Waals surface area contributed by atoms with Gasteiger partial charge in [-0.3, -0.25) is 9.97 Å². The Morgan fingerprint density at radius 1 is 1.00 bits per heavy atom. The Labute approximate surface area is 138 Å². The van der Waals surface area contributed by atoms with Crippen LogP contribution in [0.3, 0.4) is 0 Å². The predicted molar refractivity (Wildman–Crippen MR) is 98.7 cm³/mol. The van der Waals surface area contributed by atoms with Gasteiger partial charge in [-0.1, -0.05) is 26.0 Å². The first kappa shape index (κ1) is 20.2. The lowest BCUT2D eigenvalue weighted by Crippen LogP contribution is -2.14. The fourth-order valence-corrected chi connectivity index (χ4v) is 1.43. The average Bonchev–Trinajstić information content (AvgIpc) is 2.64. The summed E-state index contributed by atoms with van der Waals surface area (Å²) in [7, 11) is 0. The monoisotopic (exact) mass is 311 g/mol. The number of amidine groups is 1. The second-order valence-corrected chi connectivity index (χ2v) is 4.11. The number of pyridine rings is 2. The molecule has 2 N–H and O–H groups in total. The van der Waals surface area contributed by atoms with Crippen molar-refractivity contribution in [1.82, 2.24) is 9.97 Å². The van der Waals surface area contributed by atoms with Crippen LogP contribution in [0.15, 0.2) is 66.1 Å². The van der Waals surface area contributed by atoms with Crippen LogP contribution in [0.4, 0.5) is 0 Å². The fraction of sp³-hybridized carbons (Fsp3) is 0.222. The van der Waals surface area contributed by atoms with E-state index in [4.69, 9.17) is 5.73 Å². The van der Waals surface area contributed by atoms with Crippen molar-refractivity contribution in [2.24, 2.45) is 15.9 Å². The topological polar surface area (TPSA) is 76.5 Å². The van der Waals surface area contributed by atoms with Crippen molar-refractivity contribution in [2.75, 3.05) is 0 Å². The van der Waals surface area contributed by atoms with E-state index in [1.807, 2.05) is 58.0 Å². The molecule has 2 heterocycles. The van der Waals surface area contributed by atoms with Crippen LogP contribution in [-0.4, -0.2) is 21.5 Å². The molecule has 2 rings (SSSR count). The molecule has 0 radical (unpaired) electrons. The van der Waals surface area contributed by atoms with Gasteiger partial charge in [-0.2, -0.15) is 5.10 Å². The van der Waals surface area contributed by atoms with E-state index >= 15 is 0 Å². The average molecular weight is 311 g/mol. The van der Waals surface area contributed by atoms with Crippen LogP contribution < -0.4 is 5.73 Å². The molecule has 2 aromatic heterocycles. The first-order valence-electron chi connectivity index (χ1n) is 7.39. The lowest BCUT2D eigenvalue weighted by atomic mass is 10.2. The first-order chi connectivity index (χ1) is 11.2. The second kappa shape index (κ2) is 11.8. The lowest BCUT2D eigenvalue weighted by molar-refractivity contribution is 1.16. The molecule has 0 saturated heterocycles. The summed E-state index contributed by atoms with van der Waals surface area (Å²) in [5.41, 5.74) is 9.00. The number of rotatable bonds is 3. The molecule has 5 heteroatoms. The van der Waals surface area contributed by atoms with E-state index in [2.05, 4.69) is 33.3 Å². The summed E-state index contributed by atoms with van der Waals surface area (Å²) in [5.74, 6) is 0.287. The molecule has 0 aliphatic rings. The van der Waals surface area contributed by atoms with Crippen LogP contribution in [0.25, 0.3) is 0 Å². The van der Waals surface area contributed by atoms with Crippen LogP contribution in [0.5, 0.6) is 0 Å². The Balaban J connectivity index is 0.00000112. The van der Waals surface area contributed by atoms with Crippen LogP contribution in [0.1, 0.15) is 37.7 Å². The summed E-state index contributed by atoms with van der Waals surface area (Å²) in [4.78, 5) is 8.37. The van der Waals surface area contributed by atoms with Gasteiger partial charge in [-0.05, 0) is 37.6 Å². The SMILES string of the molecule is C/C(=N\N=C(/N)c1ccc(C)cn1)c1ccccn1.C=C.CC. The Kier molecular flexibility index (Phi) is 10.4. The van der Waals surface area contributed by atoms with Crippen LogP contribution in [0, 0.1) is 6.92 Å². The van der Waals surface area contributed by atoms with Crippen molar-refractivity contribution < 1.29 is 0 Å². The minimum absolute atomic E-state index is 0.287. The summed E-state index contributed by atoms with van der Waals surface area (Å²) in [6.07, 6.45) is 3.45. The van der Waals surface area contributed by atoms with Gasteiger partial charge in [-0.25, -0.2) is 0 Å². The van der Waals surface area contributed by atoms with Crippen molar-refractivity contribution in [3.8, 4) is 0 Å². The number of nitrogens with zero attached hydrogens (tertiary/aromatic N) is 4. The Bertz CT molecular complexity index is 616. The molecule has 0 unspecified atom stereocenters. The maximum atomic E-state index is 5.83. The van der Waals surface area contributed by atoms with E-state index < -0.39 is 0 Å². The molecule has 0 amide bonds. The van der Waals surface area contributed by atoms with Gasteiger partial charge in [0, 0.05) is 12.4 Å². The number of aromatic nitrogens is 2. The molecule has 0 atom stereocenters. The maximum Gasteiger partial charge on any atom is 0.171 e. The Morgan fingerprint density at radius 2 is 1.70 bits per heavy atom. The van der Waals surface area contributed by atoms with Gasteiger partial charge in [0.25, 0.3) is 0 Å². The summed E-state index contributed by atoms with van der Waals surface area (Å²) in [6, 6.07) is 9.37. The molecule has 23 heavy (non-hydrogen) atoms. The smallest absolute Gasteiger partial charge is 0.171 e. The normalized spacial score (nSPS) is 10.8. The van der Waals surface area contributed by atoms with Gasteiger partial charge in [0.05, 0.1) is 11.4 Å². The quantitative estimate of drug-likeness (QED) is 0.406. The van der Waals surface area contributed by atoms with Crippen molar-refractivity contribution in [1.29, 1.82) is 0 Å². The molecule has 0 spiro atoms. The molecule has 2 aromatic rings. The van der Waals surface area contributed by atoms with Crippen molar-refractivity contribution in [3.05, 3.63) is 72.8 Å². The molecular weight excluding hydrogens is 286 g/mol. The first-order valence-corrected chi connectivity index (χ1v) is 7.39. The molecular formula is C18H25N5. The van der Waals surface area contributed by atoms with E-state index in [-0.39, 0.29) is 5.84 Å². The zero-order chi connectivity index (χ0) is 17.7. The highest BCUT2D eigenvalue weighted by molar-refractivity contribution is 5.99. The van der Waals surface area contributed by atoms with Crippen molar-refractivity contribution in [3.63, 3.8) is 0 Å². The van der Waals surface area contributed by atoms with Gasteiger partial charge in [0.1, 0.15) is 5.69 Å². The molecule has 0 aliphatic carbocycles. The molecule has 122 valence electrons. The largest absolute Gasteiger partial charge is 0.380 e. The Hall–Kier alpha value is -2.82. The standard InChI is InChI=1S/C14H15N5.C2H6.C2H4/c1-10-6-7-13(17-9-10)14(15)19-18-11(2)12-5-3-4-8-16-12;2*1-2/h3-9H,1-2H3,(H2,15,19);1-2H3;1-2H2/b18-11+;;. The summed E-state index contributed by atoms with van der Waals surface area (Å²) in [6.45, 7) is 13.8. The second-order valence-electron chi connectivity index (χ2n) is 4.11. The van der Waals surface area contributed by atoms with Crippen LogP contribution in [0.2, 0.25) is 0 Å². The van der Waals surface area contributed by atoms with Gasteiger partial charge < -0.3 is 5.73 Å². The van der Waals surface area contributed by atoms with Crippen molar-refractivity contribution >= 4 is 11.5 Å². The zero-order valence-electron chi connectivity index (χ0n) is 14.3. The lowest BCUT2D eigenvalue weighted by Gasteiger charge is -1.99. The summed E-state index contributed by atoms with van der Waals surface area (Å²) >= 11 is 0. The third-order valence-corrected chi connectivity index (χ3v) is 2.52. The minimum atomic E-state index is 0.287. The van der Waals surface area contributed by atoms with Gasteiger partial charge >= 0.3 is 0 Å². The highest BCUT2D eigenvalue weighted by Gasteiger charge is 2.00. The van der Waals surface area contributed by atoms with E-state index in [0.29, 0.717) is 11.4 Å². The van der Waals surface area contributed by atoms with Crippen molar-refractivity contribution in [2.45, 2.75) is 27.7 Å². The molecule has 0 saturated carbocycles.